The first-order valence-corrected chi connectivity index (χ1v) is 11.8. The van der Waals surface area contributed by atoms with E-state index in [1.54, 1.807) is 0 Å². The summed E-state index contributed by atoms with van der Waals surface area (Å²) in [6.45, 7) is 6.03. The Bertz CT molecular complexity index is 935. The lowest BCUT2D eigenvalue weighted by atomic mass is 10.0. The summed E-state index contributed by atoms with van der Waals surface area (Å²) in [7, 11) is 4.24. The zero-order valence-corrected chi connectivity index (χ0v) is 19.3. The molecule has 30 heavy (non-hydrogen) atoms. The van der Waals surface area contributed by atoms with Crippen LogP contribution in [0.15, 0.2) is 34.1 Å². The largest absolute Gasteiger partial charge is 0.348 e. The van der Waals surface area contributed by atoms with Gasteiger partial charge in [-0.15, -0.1) is 0 Å². The minimum atomic E-state index is -0.184. The smallest absolute Gasteiger partial charge is 0.340 e. The van der Waals surface area contributed by atoms with Crippen molar-refractivity contribution in [2.75, 3.05) is 31.7 Å². The second-order valence-corrected chi connectivity index (χ2v) is 9.52. The maximum absolute atomic E-state index is 12.6. The molecular weight excluding hydrogens is 396 g/mol. The van der Waals surface area contributed by atoms with Gasteiger partial charge in [0.15, 0.2) is 0 Å². The van der Waals surface area contributed by atoms with Crippen LogP contribution in [0.1, 0.15) is 49.4 Å². The molecule has 1 aliphatic rings. The Labute approximate surface area is 183 Å². The SMILES string of the molecule is CC(C)c1ccc(NC(=O)CSc2nc(=O)n(CCC[NH+](C)C)c3c2CCC3)cc1. The second kappa shape index (κ2) is 10.3. The van der Waals surface area contributed by atoms with Crippen molar-refractivity contribution in [1.82, 2.24) is 9.55 Å². The molecule has 2 N–H and O–H groups in total. The van der Waals surface area contributed by atoms with Gasteiger partial charge in [-0.3, -0.25) is 9.36 Å². The van der Waals surface area contributed by atoms with Crippen molar-refractivity contribution in [2.24, 2.45) is 0 Å². The minimum Gasteiger partial charge on any atom is -0.340 e. The Morgan fingerprint density at radius 3 is 2.63 bits per heavy atom. The minimum absolute atomic E-state index is 0.0796. The van der Waals surface area contributed by atoms with Crippen LogP contribution in [0, 0.1) is 0 Å². The number of hydrogen-bond donors (Lipinski definition) is 2. The summed E-state index contributed by atoms with van der Waals surface area (Å²) in [5.74, 6) is 0.632. The summed E-state index contributed by atoms with van der Waals surface area (Å²) >= 11 is 1.37. The molecule has 0 fully saturated rings. The van der Waals surface area contributed by atoms with Gasteiger partial charge in [0, 0.05) is 29.9 Å². The van der Waals surface area contributed by atoms with E-state index in [2.05, 4.69) is 38.2 Å². The molecule has 1 aliphatic carbocycles. The van der Waals surface area contributed by atoms with Crippen molar-refractivity contribution in [3.63, 3.8) is 0 Å². The molecule has 1 aromatic carbocycles. The first-order chi connectivity index (χ1) is 14.3. The summed E-state index contributed by atoms with van der Waals surface area (Å²) in [6, 6.07) is 7.95. The summed E-state index contributed by atoms with van der Waals surface area (Å²) < 4.78 is 1.85. The molecule has 1 heterocycles. The van der Waals surface area contributed by atoms with Gasteiger partial charge < -0.3 is 10.2 Å². The number of anilines is 1. The number of rotatable bonds is 9. The van der Waals surface area contributed by atoms with Crippen LogP contribution in [0.3, 0.4) is 0 Å². The molecule has 0 bridgehead atoms. The quantitative estimate of drug-likeness (QED) is 0.473. The van der Waals surface area contributed by atoms with Gasteiger partial charge in [-0.05, 0) is 42.9 Å². The monoisotopic (exact) mass is 429 g/mol. The number of carbonyl (C=O) groups excluding carboxylic acids is 1. The van der Waals surface area contributed by atoms with Crippen LogP contribution in [0.25, 0.3) is 0 Å². The molecular formula is C23H33N4O2S+. The number of amides is 1. The molecule has 0 spiro atoms. The summed E-state index contributed by atoms with van der Waals surface area (Å²) in [4.78, 5) is 30.8. The van der Waals surface area contributed by atoms with Crippen LogP contribution in [-0.2, 0) is 24.2 Å². The third-order valence-corrected chi connectivity index (χ3v) is 6.48. The highest BCUT2D eigenvalue weighted by Crippen LogP contribution is 2.29. The van der Waals surface area contributed by atoms with E-state index >= 15 is 0 Å². The normalized spacial score (nSPS) is 13.1. The highest BCUT2D eigenvalue weighted by atomic mass is 32.2. The van der Waals surface area contributed by atoms with E-state index in [-0.39, 0.29) is 17.3 Å². The Kier molecular flexibility index (Phi) is 7.72. The fourth-order valence-electron chi connectivity index (χ4n) is 3.81. The molecule has 0 radical (unpaired) electrons. The number of thioether (sulfide) groups is 1. The van der Waals surface area contributed by atoms with E-state index in [1.165, 1.54) is 22.2 Å². The molecule has 0 saturated carbocycles. The Hall–Kier alpha value is -2.12. The molecule has 6 nitrogen and oxygen atoms in total. The van der Waals surface area contributed by atoms with Gasteiger partial charge in [0.2, 0.25) is 5.91 Å². The first kappa shape index (κ1) is 22.6. The van der Waals surface area contributed by atoms with Gasteiger partial charge in [-0.25, -0.2) is 4.79 Å². The number of carbonyl (C=O) groups is 1. The van der Waals surface area contributed by atoms with Crippen molar-refractivity contribution in [2.45, 2.75) is 57.0 Å². The molecule has 0 atom stereocenters. The lowest BCUT2D eigenvalue weighted by Crippen LogP contribution is -3.05. The molecule has 1 aromatic heterocycles. The van der Waals surface area contributed by atoms with Gasteiger partial charge in [0.25, 0.3) is 0 Å². The van der Waals surface area contributed by atoms with Crippen LogP contribution in [0.2, 0.25) is 0 Å². The second-order valence-electron chi connectivity index (χ2n) is 8.55. The number of benzene rings is 1. The molecule has 0 aliphatic heterocycles. The Morgan fingerprint density at radius 2 is 1.97 bits per heavy atom. The van der Waals surface area contributed by atoms with Gasteiger partial charge >= 0.3 is 5.69 Å². The summed E-state index contributed by atoms with van der Waals surface area (Å²) in [5.41, 5.74) is 4.13. The Balaban J connectivity index is 1.64. The summed E-state index contributed by atoms with van der Waals surface area (Å²) in [5, 5.41) is 3.67. The predicted molar refractivity (Wildman–Crippen MR) is 123 cm³/mol. The highest BCUT2D eigenvalue weighted by Gasteiger charge is 2.22. The van der Waals surface area contributed by atoms with Gasteiger partial charge in [-0.1, -0.05) is 37.7 Å². The van der Waals surface area contributed by atoms with Crippen molar-refractivity contribution in [1.29, 1.82) is 0 Å². The number of nitrogens with one attached hydrogen (secondary N) is 2. The Morgan fingerprint density at radius 1 is 1.23 bits per heavy atom. The number of quaternary nitrogens is 1. The average Bonchev–Trinajstić information content (AvgIpc) is 3.18. The average molecular weight is 430 g/mol. The molecule has 0 unspecified atom stereocenters. The van der Waals surface area contributed by atoms with E-state index in [4.69, 9.17) is 0 Å². The standard InChI is InChI=1S/C23H32N4O2S/c1-16(2)17-9-11-18(12-10-17)24-21(28)15-30-22-19-7-5-8-20(19)27(23(29)25-22)14-6-13-26(3)4/h9-12,16H,5-8,13-15H2,1-4H3,(H,24,28)/p+1. The number of hydrogen-bond acceptors (Lipinski definition) is 4. The molecule has 2 aromatic rings. The number of aromatic nitrogens is 2. The van der Waals surface area contributed by atoms with Crippen LogP contribution < -0.4 is 15.9 Å². The van der Waals surface area contributed by atoms with E-state index < -0.39 is 0 Å². The van der Waals surface area contributed by atoms with E-state index in [0.29, 0.717) is 5.92 Å². The fourth-order valence-corrected chi connectivity index (χ4v) is 4.69. The zero-order chi connectivity index (χ0) is 21.7. The molecule has 0 saturated heterocycles. The maximum Gasteiger partial charge on any atom is 0.348 e. The van der Waals surface area contributed by atoms with Crippen LogP contribution in [0.4, 0.5) is 5.69 Å². The van der Waals surface area contributed by atoms with Gasteiger partial charge in [0.1, 0.15) is 5.03 Å². The molecule has 1 amide bonds. The molecule has 3 rings (SSSR count). The van der Waals surface area contributed by atoms with Crippen LogP contribution in [-0.4, -0.2) is 41.9 Å². The van der Waals surface area contributed by atoms with Crippen molar-refractivity contribution >= 4 is 23.4 Å². The maximum atomic E-state index is 12.6. The molecule has 7 heteroatoms. The van der Waals surface area contributed by atoms with E-state index in [0.717, 1.165) is 60.7 Å². The third-order valence-electron chi connectivity index (χ3n) is 5.46. The number of fused-ring (bicyclic) bond motifs is 1. The fraction of sp³-hybridized carbons (Fsp3) is 0.522. The molecule has 162 valence electrons. The zero-order valence-electron chi connectivity index (χ0n) is 18.5. The van der Waals surface area contributed by atoms with Crippen molar-refractivity contribution in [3.05, 3.63) is 51.6 Å². The van der Waals surface area contributed by atoms with E-state index in [9.17, 15) is 9.59 Å². The lowest BCUT2D eigenvalue weighted by Gasteiger charge is -2.15. The highest BCUT2D eigenvalue weighted by molar-refractivity contribution is 8.00. The van der Waals surface area contributed by atoms with Gasteiger partial charge in [-0.2, -0.15) is 4.98 Å². The first-order valence-electron chi connectivity index (χ1n) is 10.8. The van der Waals surface area contributed by atoms with Crippen LogP contribution >= 0.6 is 11.8 Å². The van der Waals surface area contributed by atoms with E-state index in [1.807, 2.05) is 28.8 Å². The van der Waals surface area contributed by atoms with Gasteiger partial charge in [0.05, 0.1) is 26.4 Å². The lowest BCUT2D eigenvalue weighted by molar-refractivity contribution is -0.858. The topological polar surface area (TPSA) is 68.4 Å². The predicted octanol–water partition coefficient (Wildman–Crippen LogP) is 2.12. The number of nitrogens with zero attached hydrogens (tertiary/aromatic N) is 2. The summed E-state index contributed by atoms with van der Waals surface area (Å²) in [6.07, 6.45) is 3.86. The third kappa shape index (κ3) is 5.73. The van der Waals surface area contributed by atoms with Crippen molar-refractivity contribution in [3.8, 4) is 0 Å². The van der Waals surface area contributed by atoms with Crippen LogP contribution in [0.5, 0.6) is 0 Å². The van der Waals surface area contributed by atoms with Crippen molar-refractivity contribution < 1.29 is 9.69 Å².